The zero-order chi connectivity index (χ0) is 18.8. The highest BCUT2D eigenvalue weighted by molar-refractivity contribution is 5.80. The molecule has 1 saturated heterocycles. The van der Waals surface area contributed by atoms with Crippen LogP contribution in [0.25, 0.3) is 0 Å². The standard InChI is InChI=1S/C19H30N4O3/c1-20-19(21-11-10-18(24)26-3)22-14-16(23-12-6-7-13-23)15-8-4-5-9-17(15)25-2/h4-5,8-9,16H,6-7,10-14H2,1-3H3,(H2,20,21,22). The van der Waals surface area contributed by atoms with Crippen LogP contribution in [0.2, 0.25) is 0 Å². The molecule has 1 atom stereocenters. The molecule has 1 aliphatic heterocycles. The summed E-state index contributed by atoms with van der Waals surface area (Å²) in [7, 11) is 4.82. The molecule has 144 valence electrons. The molecule has 1 aromatic carbocycles. The van der Waals surface area contributed by atoms with Crippen LogP contribution >= 0.6 is 0 Å². The van der Waals surface area contributed by atoms with E-state index in [2.05, 4.69) is 31.3 Å². The number of guanidine groups is 1. The molecule has 1 fully saturated rings. The molecule has 1 heterocycles. The van der Waals surface area contributed by atoms with Gasteiger partial charge in [-0.05, 0) is 32.0 Å². The number of carbonyl (C=O) groups is 1. The number of rotatable bonds is 8. The number of esters is 1. The third-order valence-corrected chi connectivity index (χ3v) is 4.62. The summed E-state index contributed by atoms with van der Waals surface area (Å²) < 4.78 is 10.2. The largest absolute Gasteiger partial charge is 0.496 e. The Labute approximate surface area is 155 Å². The first-order valence-electron chi connectivity index (χ1n) is 9.08. The molecule has 2 rings (SSSR count). The molecule has 7 heteroatoms. The number of methoxy groups -OCH3 is 2. The summed E-state index contributed by atoms with van der Waals surface area (Å²) in [6.45, 7) is 3.35. The topological polar surface area (TPSA) is 75.2 Å². The van der Waals surface area contributed by atoms with Crippen molar-refractivity contribution in [3.8, 4) is 5.75 Å². The average molecular weight is 362 g/mol. The average Bonchev–Trinajstić information content (AvgIpc) is 3.21. The number of hydrogen-bond donors (Lipinski definition) is 2. The minimum absolute atomic E-state index is 0.202. The van der Waals surface area contributed by atoms with E-state index in [1.54, 1.807) is 14.2 Å². The van der Waals surface area contributed by atoms with Gasteiger partial charge in [0, 0.05) is 25.7 Å². The van der Waals surface area contributed by atoms with Crippen LogP contribution in [0.3, 0.4) is 0 Å². The van der Waals surface area contributed by atoms with E-state index in [1.807, 2.05) is 18.2 Å². The van der Waals surface area contributed by atoms with Gasteiger partial charge in [-0.1, -0.05) is 18.2 Å². The van der Waals surface area contributed by atoms with Crippen molar-refractivity contribution in [2.45, 2.75) is 25.3 Å². The minimum atomic E-state index is -0.239. The van der Waals surface area contributed by atoms with Crippen LogP contribution in [0.5, 0.6) is 5.75 Å². The maximum Gasteiger partial charge on any atom is 0.307 e. The maximum atomic E-state index is 11.2. The van der Waals surface area contributed by atoms with Gasteiger partial charge in [0.1, 0.15) is 5.75 Å². The number of benzene rings is 1. The second-order valence-electron chi connectivity index (χ2n) is 6.21. The summed E-state index contributed by atoms with van der Waals surface area (Å²) in [6, 6.07) is 8.36. The van der Waals surface area contributed by atoms with Crippen molar-refractivity contribution in [1.29, 1.82) is 0 Å². The van der Waals surface area contributed by atoms with Gasteiger partial charge >= 0.3 is 5.97 Å². The van der Waals surface area contributed by atoms with Crippen molar-refractivity contribution in [3.05, 3.63) is 29.8 Å². The SMILES string of the molecule is CN=C(NCCC(=O)OC)NCC(c1ccccc1OC)N1CCCC1. The predicted octanol–water partition coefficient (Wildman–Crippen LogP) is 1.56. The summed E-state index contributed by atoms with van der Waals surface area (Å²) in [5.41, 5.74) is 1.18. The second-order valence-corrected chi connectivity index (χ2v) is 6.21. The number of nitrogens with zero attached hydrogens (tertiary/aromatic N) is 2. The summed E-state index contributed by atoms with van der Waals surface area (Å²) in [6.07, 6.45) is 2.74. The van der Waals surface area contributed by atoms with Crippen LogP contribution < -0.4 is 15.4 Å². The minimum Gasteiger partial charge on any atom is -0.496 e. The highest BCUT2D eigenvalue weighted by Crippen LogP contribution is 2.31. The van der Waals surface area contributed by atoms with Crippen LogP contribution in [0, 0.1) is 0 Å². The third-order valence-electron chi connectivity index (χ3n) is 4.62. The Balaban J connectivity index is 2.01. The van der Waals surface area contributed by atoms with E-state index in [-0.39, 0.29) is 12.0 Å². The number of likely N-dealkylation sites (tertiary alicyclic amines) is 1. The van der Waals surface area contributed by atoms with Crippen molar-refractivity contribution in [1.82, 2.24) is 15.5 Å². The molecule has 1 aromatic rings. The van der Waals surface area contributed by atoms with Crippen molar-refractivity contribution in [3.63, 3.8) is 0 Å². The first-order chi connectivity index (χ1) is 12.7. The lowest BCUT2D eigenvalue weighted by molar-refractivity contribution is -0.140. The summed E-state index contributed by atoms with van der Waals surface area (Å²) in [5, 5.41) is 6.53. The Hall–Kier alpha value is -2.28. The normalized spacial score (nSPS) is 16.2. The van der Waals surface area contributed by atoms with Crippen LogP contribution in [-0.4, -0.2) is 64.3 Å². The van der Waals surface area contributed by atoms with Crippen LogP contribution in [0.1, 0.15) is 30.9 Å². The van der Waals surface area contributed by atoms with E-state index in [1.165, 1.54) is 25.5 Å². The predicted molar refractivity (Wildman–Crippen MR) is 103 cm³/mol. The highest BCUT2D eigenvalue weighted by Gasteiger charge is 2.26. The molecule has 26 heavy (non-hydrogen) atoms. The van der Waals surface area contributed by atoms with E-state index in [0.717, 1.165) is 18.8 Å². The van der Waals surface area contributed by atoms with E-state index in [9.17, 15) is 4.79 Å². The fourth-order valence-electron chi connectivity index (χ4n) is 3.23. The second kappa shape index (κ2) is 10.7. The lowest BCUT2D eigenvalue weighted by Gasteiger charge is -2.30. The molecule has 2 N–H and O–H groups in total. The van der Waals surface area contributed by atoms with Crippen LogP contribution in [0.15, 0.2) is 29.3 Å². The lowest BCUT2D eigenvalue weighted by atomic mass is 10.0. The number of ether oxygens (including phenoxy) is 2. The Kier molecular flexibility index (Phi) is 8.21. The van der Waals surface area contributed by atoms with Crippen molar-refractivity contribution < 1.29 is 14.3 Å². The molecule has 0 radical (unpaired) electrons. The van der Waals surface area contributed by atoms with Gasteiger partial charge in [-0.15, -0.1) is 0 Å². The molecular weight excluding hydrogens is 332 g/mol. The first-order valence-corrected chi connectivity index (χ1v) is 9.08. The Morgan fingerprint density at radius 3 is 2.62 bits per heavy atom. The van der Waals surface area contributed by atoms with E-state index >= 15 is 0 Å². The first kappa shape index (κ1) is 20.0. The van der Waals surface area contributed by atoms with Gasteiger partial charge in [-0.3, -0.25) is 14.7 Å². The van der Waals surface area contributed by atoms with Gasteiger partial charge in [-0.2, -0.15) is 0 Å². The summed E-state index contributed by atoms with van der Waals surface area (Å²) in [5.74, 6) is 1.34. The molecule has 0 aromatic heterocycles. The van der Waals surface area contributed by atoms with Gasteiger partial charge in [0.25, 0.3) is 0 Å². The van der Waals surface area contributed by atoms with Crippen molar-refractivity contribution in [2.24, 2.45) is 4.99 Å². The molecule has 1 aliphatic rings. The van der Waals surface area contributed by atoms with E-state index < -0.39 is 0 Å². The van der Waals surface area contributed by atoms with Crippen LogP contribution in [0.4, 0.5) is 0 Å². The molecule has 0 amide bonds. The molecule has 0 aliphatic carbocycles. The fraction of sp³-hybridized carbons (Fsp3) is 0.579. The smallest absolute Gasteiger partial charge is 0.307 e. The van der Waals surface area contributed by atoms with Crippen molar-refractivity contribution in [2.75, 3.05) is 47.4 Å². The zero-order valence-electron chi connectivity index (χ0n) is 16.0. The highest BCUT2D eigenvalue weighted by atomic mass is 16.5. The zero-order valence-corrected chi connectivity index (χ0v) is 16.0. The Bertz CT molecular complexity index is 600. The molecule has 0 spiro atoms. The van der Waals surface area contributed by atoms with Gasteiger partial charge < -0.3 is 20.1 Å². The Morgan fingerprint density at radius 1 is 1.23 bits per heavy atom. The van der Waals surface area contributed by atoms with Gasteiger partial charge in [-0.25, -0.2) is 0 Å². The molecular formula is C19H30N4O3. The third kappa shape index (κ3) is 5.62. The number of hydrogen-bond acceptors (Lipinski definition) is 5. The van der Waals surface area contributed by atoms with E-state index in [0.29, 0.717) is 25.5 Å². The van der Waals surface area contributed by atoms with Gasteiger partial charge in [0.05, 0.1) is 26.7 Å². The number of aliphatic imine (C=N–C) groups is 1. The van der Waals surface area contributed by atoms with E-state index in [4.69, 9.17) is 4.74 Å². The number of nitrogens with one attached hydrogen (secondary N) is 2. The summed E-state index contributed by atoms with van der Waals surface area (Å²) in [4.78, 5) is 18.0. The molecule has 7 nitrogen and oxygen atoms in total. The summed E-state index contributed by atoms with van der Waals surface area (Å²) >= 11 is 0. The molecule has 0 saturated carbocycles. The number of carbonyl (C=O) groups excluding carboxylic acids is 1. The lowest BCUT2D eigenvalue weighted by Crippen LogP contribution is -2.43. The quantitative estimate of drug-likeness (QED) is 0.415. The molecule has 0 bridgehead atoms. The monoisotopic (exact) mass is 362 g/mol. The fourth-order valence-corrected chi connectivity index (χ4v) is 3.23. The maximum absolute atomic E-state index is 11.2. The van der Waals surface area contributed by atoms with Crippen LogP contribution in [-0.2, 0) is 9.53 Å². The van der Waals surface area contributed by atoms with Gasteiger partial charge in [0.2, 0.25) is 0 Å². The number of para-hydroxylation sites is 1. The molecule has 1 unspecified atom stereocenters. The van der Waals surface area contributed by atoms with Gasteiger partial charge in [0.15, 0.2) is 5.96 Å². The Morgan fingerprint density at radius 2 is 1.96 bits per heavy atom. The van der Waals surface area contributed by atoms with Crippen molar-refractivity contribution >= 4 is 11.9 Å².